The maximum atomic E-state index is 12.4. The number of ether oxygens (including phenoxy) is 6. The third kappa shape index (κ3) is 5.03. The molecule has 0 aliphatic carbocycles. The van der Waals surface area contributed by atoms with Crippen LogP contribution in [-0.4, -0.2) is 75.9 Å². The molecule has 0 amide bonds. The Labute approximate surface area is 154 Å². The van der Waals surface area contributed by atoms with E-state index in [1.165, 1.54) is 18.2 Å². The lowest BCUT2D eigenvalue weighted by Crippen LogP contribution is -2.19. The Balaban J connectivity index is 1.48. The molecule has 1 aromatic rings. The lowest BCUT2D eigenvalue weighted by molar-refractivity contribution is 0.0428. The summed E-state index contributed by atoms with van der Waals surface area (Å²) in [5.74, 6) is -2.04. The molecule has 0 radical (unpaired) electrons. The second-order valence-electron chi connectivity index (χ2n) is 6.42. The molecule has 3 aliphatic rings. The van der Waals surface area contributed by atoms with Gasteiger partial charge in [0.25, 0.3) is 0 Å². The smallest absolute Gasteiger partial charge is 0.339 e. The number of esters is 3. The minimum absolute atomic E-state index is 0.0134. The van der Waals surface area contributed by atoms with Gasteiger partial charge in [-0.3, -0.25) is 0 Å². The predicted molar refractivity (Wildman–Crippen MR) is 86.5 cm³/mol. The Morgan fingerprint density at radius 2 is 1.19 bits per heavy atom. The molecular weight excluding hydrogens is 360 g/mol. The molecule has 3 aliphatic heterocycles. The molecule has 1 aromatic carbocycles. The third-order valence-electron chi connectivity index (χ3n) is 4.10. The van der Waals surface area contributed by atoms with Crippen molar-refractivity contribution in [3.05, 3.63) is 34.9 Å². The minimum Gasteiger partial charge on any atom is -0.459 e. The van der Waals surface area contributed by atoms with E-state index in [1.807, 2.05) is 0 Å². The van der Waals surface area contributed by atoms with Crippen molar-refractivity contribution in [1.82, 2.24) is 0 Å². The molecule has 9 nitrogen and oxygen atoms in total. The van der Waals surface area contributed by atoms with Crippen molar-refractivity contribution in [3.8, 4) is 0 Å². The summed E-state index contributed by atoms with van der Waals surface area (Å²) in [6.07, 6.45) is -0.297. The van der Waals surface area contributed by atoms with Gasteiger partial charge in [-0.2, -0.15) is 0 Å². The Kier molecular flexibility index (Phi) is 5.06. The van der Waals surface area contributed by atoms with Gasteiger partial charge in [0.15, 0.2) is 0 Å². The lowest BCUT2D eigenvalue weighted by Gasteiger charge is -2.11. The van der Waals surface area contributed by atoms with Gasteiger partial charge in [-0.15, -0.1) is 0 Å². The van der Waals surface area contributed by atoms with Crippen LogP contribution in [0.4, 0.5) is 0 Å². The van der Waals surface area contributed by atoms with E-state index in [9.17, 15) is 14.4 Å². The second kappa shape index (κ2) is 7.63. The molecule has 3 atom stereocenters. The number of benzene rings is 1. The zero-order valence-electron chi connectivity index (χ0n) is 14.4. The van der Waals surface area contributed by atoms with Crippen molar-refractivity contribution < 1.29 is 42.8 Å². The molecule has 0 spiro atoms. The van der Waals surface area contributed by atoms with Gasteiger partial charge in [0.1, 0.15) is 38.1 Å². The molecule has 3 saturated heterocycles. The molecular formula is C18H18O9. The molecule has 27 heavy (non-hydrogen) atoms. The Morgan fingerprint density at radius 1 is 0.741 bits per heavy atom. The Morgan fingerprint density at radius 3 is 1.67 bits per heavy atom. The molecule has 4 rings (SSSR count). The molecule has 9 heteroatoms. The predicted octanol–water partition coefficient (Wildman–Crippen LogP) is 0.353. The average molecular weight is 378 g/mol. The van der Waals surface area contributed by atoms with Crippen LogP contribution in [0.15, 0.2) is 18.2 Å². The van der Waals surface area contributed by atoms with Crippen molar-refractivity contribution in [3.63, 3.8) is 0 Å². The van der Waals surface area contributed by atoms with E-state index in [1.54, 1.807) is 0 Å². The first-order valence-electron chi connectivity index (χ1n) is 8.60. The molecule has 0 bridgehead atoms. The van der Waals surface area contributed by atoms with Crippen molar-refractivity contribution in [1.29, 1.82) is 0 Å². The van der Waals surface area contributed by atoms with Gasteiger partial charge < -0.3 is 28.4 Å². The normalized spacial score (nSPS) is 24.7. The highest BCUT2D eigenvalue weighted by Gasteiger charge is 2.29. The van der Waals surface area contributed by atoms with Gasteiger partial charge >= 0.3 is 17.9 Å². The summed E-state index contributed by atoms with van der Waals surface area (Å²) in [6.45, 7) is 1.95. The summed E-state index contributed by atoms with van der Waals surface area (Å²) in [5.41, 5.74) is 0.0845. The van der Waals surface area contributed by atoms with Gasteiger partial charge in [-0.05, 0) is 18.2 Å². The third-order valence-corrected chi connectivity index (χ3v) is 4.10. The Bertz CT molecular complexity index is 747. The first-order valence-corrected chi connectivity index (χ1v) is 8.60. The number of hydrogen-bond acceptors (Lipinski definition) is 9. The maximum Gasteiger partial charge on any atom is 0.339 e. The molecule has 3 fully saturated rings. The highest BCUT2D eigenvalue weighted by atomic mass is 16.6. The SMILES string of the molecule is O=C(OCC1CO1)c1ccc(C(=O)OCC2CO2)c(C(=O)OCC2CO2)c1. The summed E-state index contributed by atoms with van der Waals surface area (Å²) in [5, 5.41) is 0. The van der Waals surface area contributed by atoms with Gasteiger partial charge in [0, 0.05) is 0 Å². The van der Waals surface area contributed by atoms with Crippen LogP contribution in [0.5, 0.6) is 0 Å². The molecule has 0 saturated carbocycles. The van der Waals surface area contributed by atoms with Crippen molar-refractivity contribution in [2.24, 2.45) is 0 Å². The van der Waals surface area contributed by atoms with Crippen LogP contribution in [0.3, 0.4) is 0 Å². The molecule has 3 unspecified atom stereocenters. The molecule has 3 heterocycles. The van der Waals surface area contributed by atoms with E-state index < -0.39 is 17.9 Å². The number of epoxide rings is 3. The van der Waals surface area contributed by atoms with Crippen LogP contribution in [0, 0.1) is 0 Å². The summed E-state index contributed by atoms with van der Waals surface area (Å²) in [4.78, 5) is 36.9. The Hall–Kier alpha value is -2.49. The maximum absolute atomic E-state index is 12.4. The monoisotopic (exact) mass is 378 g/mol. The quantitative estimate of drug-likeness (QED) is 0.341. The molecule has 144 valence electrons. The van der Waals surface area contributed by atoms with Gasteiger partial charge in [-0.25, -0.2) is 14.4 Å². The number of carbonyl (C=O) groups is 3. The lowest BCUT2D eigenvalue weighted by atomic mass is 10.0. The van der Waals surface area contributed by atoms with E-state index in [0.717, 1.165) is 0 Å². The van der Waals surface area contributed by atoms with E-state index in [-0.39, 0.29) is 54.8 Å². The fraction of sp³-hybridized carbons (Fsp3) is 0.500. The van der Waals surface area contributed by atoms with Gasteiger partial charge in [-0.1, -0.05) is 0 Å². The number of carbonyl (C=O) groups excluding carboxylic acids is 3. The summed E-state index contributed by atoms with van der Waals surface area (Å²) in [7, 11) is 0. The largest absolute Gasteiger partial charge is 0.459 e. The van der Waals surface area contributed by atoms with E-state index in [2.05, 4.69) is 0 Å². The zero-order valence-corrected chi connectivity index (χ0v) is 14.4. The van der Waals surface area contributed by atoms with Gasteiger partial charge in [0.2, 0.25) is 0 Å². The topological polar surface area (TPSA) is 116 Å². The summed E-state index contributed by atoms with van der Waals surface area (Å²) < 4.78 is 30.4. The fourth-order valence-corrected chi connectivity index (χ4v) is 2.26. The van der Waals surface area contributed by atoms with E-state index >= 15 is 0 Å². The highest BCUT2D eigenvalue weighted by molar-refractivity contribution is 6.05. The standard InChI is InChI=1S/C18H18O9/c19-16(25-7-11-4-22-11)10-1-2-14(17(20)26-8-12-5-23-12)15(3-10)18(21)27-9-13-6-24-13/h1-3,11-13H,4-9H2. The first-order chi connectivity index (χ1) is 13.1. The van der Waals surface area contributed by atoms with Gasteiger partial charge in [0.05, 0.1) is 36.5 Å². The van der Waals surface area contributed by atoms with Crippen molar-refractivity contribution in [2.75, 3.05) is 39.6 Å². The minimum atomic E-state index is -0.736. The second-order valence-corrected chi connectivity index (χ2v) is 6.42. The highest BCUT2D eigenvalue weighted by Crippen LogP contribution is 2.19. The molecule has 0 aromatic heterocycles. The van der Waals surface area contributed by atoms with Crippen molar-refractivity contribution in [2.45, 2.75) is 18.3 Å². The van der Waals surface area contributed by atoms with Crippen LogP contribution in [0.1, 0.15) is 31.1 Å². The molecule has 0 N–H and O–H groups in total. The summed E-state index contributed by atoms with van der Waals surface area (Å²) >= 11 is 0. The van der Waals surface area contributed by atoms with E-state index in [0.29, 0.717) is 19.8 Å². The number of rotatable bonds is 9. The van der Waals surface area contributed by atoms with Crippen LogP contribution >= 0.6 is 0 Å². The van der Waals surface area contributed by atoms with Crippen molar-refractivity contribution >= 4 is 17.9 Å². The van der Waals surface area contributed by atoms with Crippen LogP contribution < -0.4 is 0 Å². The van der Waals surface area contributed by atoms with E-state index in [4.69, 9.17) is 28.4 Å². The fourth-order valence-electron chi connectivity index (χ4n) is 2.26. The average Bonchev–Trinajstić information content (AvgIpc) is 3.54. The number of hydrogen-bond donors (Lipinski definition) is 0. The van der Waals surface area contributed by atoms with Crippen LogP contribution in [0.25, 0.3) is 0 Å². The first kappa shape index (κ1) is 17.9. The van der Waals surface area contributed by atoms with Crippen LogP contribution in [0.2, 0.25) is 0 Å². The van der Waals surface area contributed by atoms with Crippen LogP contribution in [-0.2, 0) is 28.4 Å². The summed E-state index contributed by atoms with van der Waals surface area (Å²) in [6, 6.07) is 4.03. The zero-order chi connectivity index (χ0) is 18.8.